The molecule has 3 N–H and O–H groups in total. The van der Waals surface area contributed by atoms with E-state index in [1.807, 2.05) is 0 Å². The average Bonchev–Trinajstić information content (AvgIpc) is 1.10. The smallest absolute Gasteiger partial charge is 0.462 e. The van der Waals surface area contributed by atoms with Crippen LogP contribution in [-0.2, 0) is 65.4 Å². The minimum atomic E-state index is -4.96. The molecule has 5 atom stereocenters. The fraction of sp³-hybridized carbons (Fsp3) is 0.949. The monoisotopic (exact) mass is 1440 g/mol. The lowest BCUT2D eigenvalue weighted by Gasteiger charge is -2.21. The SMILES string of the molecule is CCCCCCCCCCCCCCCCCCCCCCCC(=O)O[C@H](COC(=O)CCCCCCCCCCCCCCCC(C)C)COP(=O)(O)OC[C@@H](O)COP(=O)(O)OC[C@@H](COC(=O)CCCCCCCCCCCC)OC(=O)CCCCCCCCCCCCC. The van der Waals surface area contributed by atoms with Crippen molar-refractivity contribution in [3.8, 4) is 0 Å². The van der Waals surface area contributed by atoms with E-state index in [-0.39, 0.29) is 25.7 Å². The van der Waals surface area contributed by atoms with Gasteiger partial charge in [-0.2, -0.15) is 0 Å². The van der Waals surface area contributed by atoms with Gasteiger partial charge >= 0.3 is 39.5 Å². The topological polar surface area (TPSA) is 237 Å². The fourth-order valence-corrected chi connectivity index (χ4v) is 13.8. The molecular formula is C79H154O17P2. The summed E-state index contributed by atoms with van der Waals surface area (Å²) in [4.78, 5) is 72.9. The molecule has 0 bridgehead atoms. The summed E-state index contributed by atoms with van der Waals surface area (Å²) in [5.41, 5.74) is 0. The normalized spacial score (nSPS) is 13.9. The van der Waals surface area contributed by atoms with E-state index >= 15 is 0 Å². The van der Waals surface area contributed by atoms with E-state index in [9.17, 15) is 43.2 Å². The Kier molecular flexibility index (Phi) is 70.6. The lowest BCUT2D eigenvalue weighted by atomic mass is 10.0. The van der Waals surface area contributed by atoms with E-state index in [1.54, 1.807) is 0 Å². The molecule has 0 saturated carbocycles. The Morgan fingerprint density at radius 2 is 0.469 bits per heavy atom. The number of esters is 4. The molecule has 19 heteroatoms. The molecule has 0 aromatic heterocycles. The molecule has 0 amide bonds. The van der Waals surface area contributed by atoms with Crippen molar-refractivity contribution in [3.05, 3.63) is 0 Å². The molecule has 2 unspecified atom stereocenters. The number of aliphatic hydroxyl groups excluding tert-OH is 1. The van der Waals surface area contributed by atoms with Crippen molar-refractivity contribution in [2.45, 2.75) is 438 Å². The van der Waals surface area contributed by atoms with Gasteiger partial charge in [0, 0.05) is 25.7 Å². The molecule has 0 spiro atoms. The van der Waals surface area contributed by atoms with Gasteiger partial charge in [-0.1, -0.05) is 369 Å². The van der Waals surface area contributed by atoms with E-state index in [2.05, 4.69) is 34.6 Å². The number of phosphoric acid groups is 2. The van der Waals surface area contributed by atoms with Crippen LogP contribution in [0.1, 0.15) is 420 Å². The Morgan fingerprint density at radius 1 is 0.276 bits per heavy atom. The van der Waals surface area contributed by atoms with Crippen LogP contribution in [0, 0.1) is 5.92 Å². The number of phosphoric ester groups is 2. The second-order valence-corrected chi connectivity index (χ2v) is 31.8. The third-order valence-corrected chi connectivity index (χ3v) is 20.4. The molecule has 0 aliphatic carbocycles. The minimum Gasteiger partial charge on any atom is -0.462 e. The highest BCUT2D eigenvalue weighted by Gasteiger charge is 2.30. The molecule has 98 heavy (non-hydrogen) atoms. The van der Waals surface area contributed by atoms with Gasteiger partial charge in [-0.3, -0.25) is 37.3 Å². The minimum absolute atomic E-state index is 0.107. The number of unbranched alkanes of at least 4 members (excludes halogenated alkanes) is 51. The van der Waals surface area contributed by atoms with Gasteiger partial charge in [0.1, 0.15) is 19.3 Å². The second-order valence-electron chi connectivity index (χ2n) is 28.9. The zero-order valence-electron chi connectivity index (χ0n) is 63.9. The van der Waals surface area contributed by atoms with E-state index in [0.29, 0.717) is 25.7 Å². The standard InChI is InChI=1S/C79H154O17P2/c1-6-9-12-15-18-21-24-25-26-27-28-29-30-31-32-35-40-45-50-55-60-65-79(84)96-75(69-90-77(82)63-58-53-48-43-39-36-33-34-38-41-46-51-56-61-72(4)5)71-94-98(87,88)92-67-73(80)66-91-97(85,86)93-70-74(68-89-76(81)62-57-52-47-42-23-20-17-14-11-8-3)95-78(83)64-59-54-49-44-37-22-19-16-13-10-7-2/h72-75,80H,6-71H2,1-5H3,(H,85,86)(H,87,88)/t73-,74+,75+/m0/s1. The number of hydrogen-bond acceptors (Lipinski definition) is 15. The highest BCUT2D eigenvalue weighted by atomic mass is 31.2. The molecule has 0 heterocycles. The van der Waals surface area contributed by atoms with Crippen LogP contribution in [0.3, 0.4) is 0 Å². The molecule has 0 aliphatic heterocycles. The van der Waals surface area contributed by atoms with Gasteiger partial charge in [0.2, 0.25) is 0 Å². The summed E-state index contributed by atoms with van der Waals surface area (Å²) in [6, 6.07) is 0. The van der Waals surface area contributed by atoms with Crippen molar-refractivity contribution in [1.82, 2.24) is 0 Å². The maximum absolute atomic E-state index is 13.1. The first-order chi connectivity index (χ1) is 47.5. The Hall–Kier alpha value is -1.94. The summed E-state index contributed by atoms with van der Waals surface area (Å²) >= 11 is 0. The van der Waals surface area contributed by atoms with Gasteiger partial charge in [0.25, 0.3) is 0 Å². The fourth-order valence-electron chi connectivity index (χ4n) is 12.2. The van der Waals surface area contributed by atoms with Crippen molar-refractivity contribution >= 4 is 39.5 Å². The average molecular weight is 1440 g/mol. The highest BCUT2D eigenvalue weighted by molar-refractivity contribution is 7.47. The van der Waals surface area contributed by atoms with Gasteiger partial charge in [-0.05, 0) is 31.6 Å². The lowest BCUT2D eigenvalue weighted by Crippen LogP contribution is -2.30. The first-order valence-corrected chi connectivity index (χ1v) is 44.1. The number of hydrogen-bond donors (Lipinski definition) is 3. The van der Waals surface area contributed by atoms with Crippen LogP contribution in [0.15, 0.2) is 0 Å². The summed E-state index contributed by atoms with van der Waals surface area (Å²) in [7, 11) is -9.91. The van der Waals surface area contributed by atoms with Gasteiger partial charge in [0.15, 0.2) is 12.2 Å². The van der Waals surface area contributed by atoms with Gasteiger partial charge < -0.3 is 33.8 Å². The maximum Gasteiger partial charge on any atom is 0.472 e. The van der Waals surface area contributed by atoms with Crippen molar-refractivity contribution in [1.29, 1.82) is 0 Å². The van der Waals surface area contributed by atoms with Crippen LogP contribution >= 0.6 is 15.6 Å². The van der Waals surface area contributed by atoms with E-state index in [0.717, 1.165) is 95.8 Å². The Morgan fingerprint density at radius 3 is 0.694 bits per heavy atom. The van der Waals surface area contributed by atoms with Crippen LogP contribution in [0.25, 0.3) is 0 Å². The number of ether oxygens (including phenoxy) is 4. The first-order valence-electron chi connectivity index (χ1n) is 41.1. The molecule has 0 radical (unpaired) electrons. The van der Waals surface area contributed by atoms with Crippen LogP contribution in [-0.4, -0.2) is 96.7 Å². The Balaban J connectivity index is 5.20. The van der Waals surface area contributed by atoms with Crippen LogP contribution < -0.4 is 0 Å². The van der Waals surface area contributed by atoms with Gasteiger partial charge in [-0.25, -0.2) is 9.13 Å². The molecule has 0 rings (SSSR count). The number of aliphatic hydroxyl groups is 1. The number of carbonyl (C=O) groups excluding carboxylic acids is 4. The molecule has 17 nitrogen and oxygen atoms in total. The lowest BCUT2D eigenvalue weighted by molar-refractivity contribution is -0.161. The summed E-state index contributed by atoms with van der Waals surface area (Å²) < 4.78 is 68.6. The molecule has 0 aromatic rings. The quantitative estimate of drug-likeness (QED) is 0.0222. The van der Waals surface area contributed by atoms with Crippen LogP contribution in [0.2, 0.25) is 0 Å². The summed E-state index contributed by atoms with van der Waals surface area (Å²) in [6.45, 7) is 7.32. The zero-order chi connectivity index (χ0) is 71.9. The third kappa shape index (κ3) is 72.4. The summed E-state index contributed by atoms with van der Waals surface area (Å²) in [5.74, 6) is -1.32. The summed E-state index contributed by atoms with van der Waals surface area (Å²) in [6.07, 6.45) is 62.4. The van der Waals surface area contributed by atoms with E-state index in [1.165, 1.54) is 244 Å². The van der Waals surface area contributed by atoms with Crippen molar-refractivity contribution in [2.75, 3.05) is 39.6 Å². The van der Waals surface area contributed by atoms with Crippen LogP contribution in [0.5, 0.6) is 0 Å². The maximum atomic E-state index is 13.1. The van der Waals surface area contributed by atoms with Crippen molar-refractivity contribution in [3.63, 3.8) is 0 Å². The largest absolute Gasteiger partial charge is 0.472 e. The van der Waals surface area contributed by atoms with Gasteiger partial charge in [0.05, 0.1) is 26.4 Å². The predicted molar refractivity (Wildman–Crippen MR) is 400 cm³/mol. The molecule has 0 fully saturated rings. The highest BCUT2D eigenvalue weighted by Crippen LogP contribution is 2.45. The third-order valence-electron chi connectivity index (χ3n) is 18.5. The zero-order valence-corrected chi connectivity index (χ0v) is 65.7. The predicted octanol–water partition coefficient (Wildman–Crippen LogP) is 23.6. The second kappa shape index (κ2) is 72.0. The number of rotatable bonds is 79. The van der Waals surface area contributed by atoms with Gasteiger partial charge in [-0.15, -0.1) is 0 Å². The molecule has 0 saturated heterocycles. The van der Waals surface area contributed by atoms with Crippen molar-refractivity contribution in [2.24, 2.45) is 5.92 Å². The Bertz CT molecular complexity index is 1870. The Labute approximate surface area is 600 Å². The molecular weight excluding hydrogens is 1280 g/mol. The van der Waals surface area contributed by atoms with E-state index in [4.69, 9.17) is 37.0 Å². The molecule has 0 aliphatic rings. The molecule has 0 aromatic carbocycles. The van der Waals surface area contributed by atoms with Crippen LogP contribution in [0.4, 0.5) is 0 Å². The van der Waals surface area contributed by atoms with Crippen molar-refractivity contribution < 1.29 is 80.2 Å². The molecule has 582 valence electrons. The first kappa shape index (κ1) is 96.1. The number of carbonyl (C=O) groups is 4. The summed E-state index contributed by atoms with van der Waals surface area (Å²) in [5, 5.41) is 10.6. The van der Waals surface area contributed by atoms with E-state index < -0.39 is 97.5 Å².